The Hall–Kier alpha value is -1.97. The molecule has 0 saturated carbocycles. The molecule has 0 aliphatic rings. The molecular formula is C11H10NO3-. The Kier molecular flexibility index (Phi) is 2.11. The van der Waals surface area contributed by atoms with Crippen LogP contribution in [-0.4, -0.2) is 18.1 Å². The van der Waals surface area contributed by atoms with Crippen molar-refractivity contribution in [3.8, 4) is 5.75 Å². The smallest absolute Gasteiger partial charge is 0.119 e. The van der Waals surface area contributed by atoms with Crippen molar-refractivity contribution in [2.75, 3.05) is 7.11 Å². The van der Waals surface area contributed by atoms with Gasteiger partial charge in [0, 0.05) is 22.2 Å². The lowest BCUT2D eigenvalue weighted by atomic mass is 10.1. The highest BCUT2D eigenvalue weighted by Crippen LogP contribution is 2.25. The number of methoxy groups -OCH3 is 1. The second-order valence-electron chi connectivity index (χ2n) is 3.32. The number of aryl methyl sites for hydroxylation is 1. The van der Waals surface area contributed by atoms with Gasteiger partial charge in [0.2, 0.25) is 0 Å². The summed E-state index contributed by atoms with van der Waals surface area (Å²) in [7, 11) is 1.54. The second-order valence-corrected chi connectivity index (χ2v) is 3.32. The number of aromatic nitrogens is 1. The highest BCUT2D eigenvalue weighted by molar-refractivity contribution is 6.04. The SMILES string of the molecule is COc1ccc2[nH]c(C)c(C(=O)[O-])c2c1. The molecule has 1 aromatic carbocycles. The van der Waals surface area contributed by atoms with Gasteiger partial charge in [-0.15, -0.1) is 0 Å². The van der Waals surface area contributed by atoms with Crippen LogP contribution in [-0.2, 0) is 0 Å². The molecule has 0 aliphatic carbocycles. The van der Waals surface area contributed by atoms with Gasteiger partial charge in [0.25, 0.3) is 0 Å². The summed E-state index contributed by atoms with van der Waals surface area (Å²) in [5, 5.41) is 11.5. The minimum absolute atomic E-state index is 0.198. The molecule has 0 amide bonds. The quantitative estimate of drug-likeness (QED) is 0.788. The standard InChI is InChI=1S/C11H11NO3/c1-6-10(11(13)14)8-5-7(15-2)3-4-9(8)12-6/h3-5,12H,1-2H3,(H,13,14)/p-1. The van der Waals surface area contributed by atoms with E-state index in [9.17, 15) is 9.90 Å². The summed E-state index contributed by atoms with van der Waals surface area (Å²) in [6.07, 6.45) is 0. The average molecular weight is 204 g/mol. The molecule has 2 aromatic rings. The Morgan fingerprint density at radius 3 is 2.80 bits per heavy atom. The number of carboxylic acids is 1. The van der Waals surface area contributed by atoms with Crippen LogP contribution in [0, 0.1) is 6.92 Å². The van der Waals surface area contributed by atoms with E-state index in [2.05, 4.69) is 4.98 Å². The summed E-state index contributed by atoms with van der Waals surface area (Å²) in [5.41, 5.74) is 1.56. The van der Waals surface area contributed by atoms with Gasteiger partial charge < -0.3 is 19.6 Å². The molecule has 78 valence electrons. The third-order valence-electron chi connectivity index (χ3n) is 2.40. The topological polar surface area (TPSA) is 65.2 Å². The van der Waals surface area contributed by atoms with Crippen LogP contribution in [0.4, 0.5) is 0 Å². The summed E-state index contributed by atoms with van der Waals surface area (Å²) in [4.78, 5) is 13.9. The van der Waals surface area contributed by atoms with Crippen molar-refractivity contribution in [3.63, 3.8) is 0 Å². The second kappa shape index (κ2) is 3.31. The van der Waals surface area contributed by atoms with E-state index < -0.39 is 5.97 Å². The van der Waals surface area contributed by atoms with Gasteiger partial charge in [-0.05, 0) is 25.1 Å². The number of benzene rings is 1. The largest absolute Gasteiger partial charge is 0.545 e. The lowest BCUT2D eigenvalue weighted by Crippen LogP contribution is -2.22. The highest BCUT2D eigenvalue weighted by Gasteiger charge is 2.09. The van der Waals surface area contributed by atoms with Crippen LogP contribution in [0.15, 0.2) is 18.2 Å². The molecule has 2 rings (SSSR count). The molecule has 1 heterocycles. The molecule has 4 heteroatoms. The van der Waals surface area contributed by atoms with Crippen molar-refractivity contribution >= 4 is 16.9 Å². The van der Waals surface area contributed by atoms with Crippen molar-refractivity contribution in [1.82, 2.24) is 4.98 Å². The van der Waals surface area contributed by atoms with Crippen LogP contribution < -0.4 is 9.84 Å². The number of rotatable bonds is 2. The molecule has 4 nitrogen and oxygen atoms in total. The first-order valence-electron chi connectivity index (χ1n) is 4.51. The molecule has 0 radical (unpaired) electrons. The molecule has 0 fully saturated rings. The molecular weight excluding hydrogens is 194 g/mol. The Morgan fingerprint density at radius 2 is 2.20 bits per heavy atom. The number of hydrogen-bond acceptors (Lipinski definition) is 3. The summed E-state index contributed by atoms with van der Waals surface area (Å²) in [6.45, 7) is 1.71. The van der Waals surface area contributed by atoms with E-state index in [1.807, 2.05) is 0 Å². The average Bonchev–Trinajstić information content (AvgIpc) is 2.52. The third-order valence-corrected chi connectivity index (χ3v) is 2.40. The number of carbonyl (C=O) groups excluding carboxylic acids is 1. The maximum Gasteiger partial charge on any atom is 0.119 e. The van der Waals surface area contributed by atoms with Crippen molar-refractivity contribution in [3.05, 3.63) is 29.5 Å². The van der Waals surface area contributed by atoms with Crippen molar-refractivity contribution in [2.24, 2.45) is 0 Å². The number of hydrogen-bond donors (Lipinski definition) is 1. The van der Waals surface area contributed by atoms with Gasteiger partial charge >= 0.3 is 0 Å². The van der Waals surface area contributed by atoms with Gasteiger partial charge in [0.1, 0.15) is 5.75 Å². The first-order valence-corrected chi connectivity index (χ1v) is 4.51. The molecule has 0 unspecified atom stereocenters. The summed E-state index contributed by atoms with van der Waals surface area (Å²) < 4.78 is 5.04. The van der Waals surface area contributed by atoms with E-state index in [0.29, 0.717) is 16.8 Å². The van der Waals surface area contributed by atoms with E-state index in [0.717, 1.165) is 5.52 Å². The molecule has 15 heavy (non-hydrogen) atoms. The van der Waals surface area contributed by atoms with Crippen LogP contribution >= 0.6 is 0 Å². The third kappa shape index (κ3) is 1.44. The molecule has 0 spiro atoms. The van der Waals surface area contributed by atoms with E-state index in [1.54, 1.807) is 32.2 Å². The summed E-state index contributed by atoms with van der Waals surface area (Å²) in [6, 6.07) is 5.24. The summed E-state index contributed by atoms with van der Waals surface area (Å²) in [5.74, 6) is -0.545. The molecule has 1 N–H and O–H groups in total. The summed E-state index contributed by atoms with van der Waals surface area (Å²) >= 11 is 0. The predicted molar refractivity (Wildman–Crippen MR) is 53.9 cm³/mol. The monoisotopic (exact) mass is 204 g/mol. The van der Waals surface area contributed by atoms with Gasteiger partial charge in [-0.2, -0.15) is 0 Å². The van der Waals surface area contributed by atoms with Gasteiger partial charge in [-0.3, -0.25) is 0 Å². The maximum atomic E-state index is 10.9. The Bertz CT molecular complexity index is 528. The van der Waals surface area contributed by atoms with Gasteiger partial charge in [-0.1, -0.05) is 0 Å². The van der Waals surface area contributed by atoms with Crippen molar-refractivity contribution in [2.45, 2.75) is 6.92 Å². The maximum absolute atomic E-state index is 10.9. The number of fused-ring (bicyclic) bond motifs is 1. The first kappa shape index (κ1) is 9.58. The zero-order valence-corrected chi connectivity index (χ0v) is 8.46. The lowest BCUT2D eigenvalue weighted by Gasteiger charge is -2.03. The number of carbonyl (C=O) groups is 1. The van der Waals surface area contributed by atoms with Gasteiger partial charge in [0.05, 0.1) is 13.1 Å². The molecule has 0 aliphatic heterocycles. The molecule has 0 saturated heterocycles. The van der Waals surface area contributed by atoms with E-state index in [1.165, 1.54) is 0 Å². The predicted octanol–water partition coefficient (Wildman–Crippen LogP) is 0.848. The van der Waals surface area contributed by atoms with E-state index >= 15 is 0 Å². The highest BCUT2D eigenvalue weighted by atomic mass is 16.5. The normalized spacial score (nSPS) is 10.5. The Labute approximate surface area is 86.5 Å². The number of nitrogens with one attached hydrogen (secondary N) is 1. The lowest BCUT2D eigenvalue weighted by molar-refractivity contribution is -0.254. The van der Waals surface area contributed by atoms with E-state index in [-0.39, 0.29) is 5.56 Å². The zero-order chi connectivity index (χ0) is 11.0. The molecule has 0 bridgehead atoms. The minimum atomic E-state index is -1.17. The number of ether oxygens (including phenoxy) is 1. The fourth-order valence-corrected chi connectivity index (χ4v) is 1.70. The number of aromatic carboxylic acids is 1. The van der Waals surface area contributed by atoms with Crippen molar-refractivity contribution in [1.29, 1.82) is 0 Å². The number of aromatic amines is 1. The molecule has 0 atom stereocenters. The van der Waals surface area contributed by atoms with Crippen LogP contribution in [0.2, 0.25) is 0 Å². The van der Waals surface area contributed by atoms with Gasteiger partial charge in [-0.25, -0.2) is 0 Å². The fourth-order valence-electron chi connectivity index (χ4n) is 1.70. The minimum Gasteiger partial charge on any atom is -0.545 e. The number of carboxylic acid groups (broad SMARTS) is 1. The number of H-pyrrole nitrogens is 1. The van der Waals surface area contributed by atoms with Crippen LogP contribution in [0.3, 0.4) is 0 Å². The van der Waals surface area contributed by atoms with Crippen molar-refractivity contribution < 1.29 is 14.6 Å². The van der Waals surface area contributed by atoms with Crippen LogP contribution in [0.25, 0.3) is 10.9 Å². The first-order chi connectivity index (χ1) is 7.13. The Morgan fingerprint density at radius 1 is 1.47 bits per heavy atom. The Balaban J connectivity index is 2.77. The van der Waals surface area contributed by atoms with E-state index in [4.69, 9.17) is 4.74 Å². The van der Waals surface area contributed by atoms with Crippen LogP contribution in [0.5, 0.6) is 5.75 Å². The van der Waals surface area contributed by atoms with Crippen LogP contribution in [0.1, 0.15) is 16.1 Å². The fraction of sp³-hybridized carbons (Fsp3) is 0.182. The van der Waals surface area contributed by atoms with Gasteiger partial charge in [0.15, 0.2) is 0 Å². The molecule has 1 aromatic heterocycles. The zero-order valence-electron chi connectivity index (χ0n) is 8.46.